The maximum absolute atomic E-state index is 12.3. The molecule has 0 unspecified atom stereocenters. The van der Waals surface area contributed by atoms with Crippen molar-refractivity contribution in [3.8, 4) is 0 Å². The van der Waals surface area contributed by atoms with Crippen molar-refractivity contribution in [3.05, 3.63) is 12.2 Å². The van der Waals surface area contributed by atoms with Gasteiger partial charge >= 0.3 is 5.97 Å². The molecule has 6 nitrogen and oxygen atoms in total. The van der Waals surface area contributed by atoms with E-state index in [2.05, 4.69) is 5.32 Å². The van der Waals surface area contributed by atoms with Crippen LogP contribution in [0, 0.1) is 23.7 Å². The van der Waals surface area contributed by atoms with Crippen molar-refractivity contribution in [1.29, 1.82) is 0 Å². The zero-order valence-corrected chi connectivity index (χ0v) is 11.7. The van der Waals surface area contributed by atoms with Crippen LogP contribution < -0.4 is 5.32 Å². The van der Waals surface area contributed by atoms with Gasteiger partial charge in [0.1, 0.15) is 0 Å². The molecule has 1 aliphatic heterocycles. The Morgan fingerprint density at radius 3 is 2.35 bits per heavy atom. The van der Waals surface area contributed by atoms with E-state index in [1.165, 1.54) is 0 Å². The van der Waals surface area contributed by atoms with Gasteiger partial charge in [0.15, 0.2) is 9.84 Å². The summed E-state index contributed by atoms with van der Waals surface area (Å²) >= 11 is 0. The van der Waals surface area contributed by atoms with Gasteiger partial charge in [-0.3, -0.25) is 9.59 Å². The molecule has 1 saturated carbocycles. The highest BCUT2D eigenvalue weighted by Crippen LogP contribution is 2.48. The number of sulfone groups is 1. The lowest BCUT2D eigenvalue weighted by atomic mass is 9.82. The third-order valence-corrected chi connectivity index (χ3v) is 6.39. The fraction of sp³-hybridized carbons (Fsp3) is 0.692. The predicted molar refractivity (Wildman–Crippen MR) is 70.6 cm³/mol. The number of allylic oxidation sites excluding steroid dienone is 2. The van der Waals surface area contributed by atoms with E-state index in [0.717, 1.165) is 0 Å². The summed E-state index contributed by atoms with van der Waals surface area (Å²) in [5.41, 5.74) is 0. The van der Waals surface area contributed by atoms with E-state index in [0.29, 0.717) is 12.8 Å². The minimum atomic E-state index is -3.05. The molecule has 3 rings (SSSR count). The molecule has 0 radical (unpaired) electrons. The van der Waals surface area contributed by atoms with Gasteiger partial charge in [-0.1, -0.05) is 12.2 Å². The smallest absolute Gasteiger partial charge is 0.307 e. The van der Waals surface area contributed by atoms with Gasteiger partial charge in [0, 0.05) is 6.04 Å². The molecule has 20 heavy (non-hydrogen) atoms. The average molecular weight is 299 g/mol. The lowest BCUT2D eigenvalue weighted by molar-refractivity contribution is -0.147. The first-order valence-electron chi connectivity index (χ1n) is 6.79. The van der Waals surface area contributed by atoms with Gasteiger partial charge < -0.3 is 10.4 Å². The number of nitrogens with one attached hydrogen (secondary N) is 1. The van der Waals surface area contributed by atoms with Gasteiger partial charge in [0.25, 0.3) is 0 Å². The highest BCUT2D eigenvalue weighted by Gasteiger charge is 2.52. The molecule has 1 amide bonds. The van der Waals surface area contributed by atoms with E-state index >= 15 is 0 Å². The van der Waals surface area contributed by atoms with Crippen LogP contribution in [0.1, 0.15) is 12.8 Å². The van der Waals surface area contributed by atoms with Gasteiger partial charge in [0.05, 0.1) is 23.3 Å². The van der Waals surface area contributed by atoms with E-state index in [1.54, 1.807) is 0 Å². The van der Waals surface area contributed by atoms with Gasteiger partial charge in [0.2, 0.25) is 5.91 Å². The highest BCUT2D eigenvalue weighted by molar-refractivity contribution is 7.91. The monoisotopic (exact) mass is 299 g/mol. The number of carboxylic acids is 1. The fourth-order valence-corrected chi connectivity index (χ4v) is 5.40. The molecule has 3 aliphatic rings. The lowest BCUT2D eigenvalue weighted by Crippen LogP contribution is -2.44. The third kappa shape index (κ3) is 2.24. The summed E-state index contributed by atoms with van der Waals surface area (Å²) in [6.45, 7) is 0. The van der Waals surface area contributed by atoms with Crippen molar-refractivity contribution in [2.75, 3.05) is 11.5 Å². The van der Waals surface area contributed by atoms with Crippen molar-refractivity contribution < 1.29 is 23.1 Å². The Morgan fingerprint density at radius 2 is 1.80 bits per heavy atom. The van der Waals surface area contributed by atoms with Crippen LogP contribution in [0.3, 0.4) is 0 Å². The summed E-state index contributed by atoms with van der Waals surface area (Å²) in [6, 6.07) is -0.370. The molecule has 1 saturated heterocycles. The summed E-state index contributed by atoms with van der Waals surface area (Å²) in [5.74, 6) is -2.53. The number of fused-ring (bicyclic) bond motifs is 2. The third-order valence-electron chi connectivity index (χ3n) is 4.63. The van der Waals surface area contributed by atoms with Crippen molar-refractivity contribution in [3.63, 3.8) is 0 Å². The number of aliphatic carboxylic acids is 1. The van der Waals surface area contributed by atoms with E-state index < -0.39 is 27.6 Å². The maximum Gasteiger partial charge on any atom is 0.307 e. The Balaban J connectivity index is 1.71. The predicted octanol–water partition coefficient (Wildman–Crippen LogP) is -0.187. The van der Waals surface area contributed by atoms with Crippen LogP contribution in [0.4, 0.5) is 0 Å². The average Bonchev–Trinajstić information content (AvgIpc) is 3.02. The first-order valence-corrected chi connectivity index (χ1v) is 8.61. The van der Waals surface area contributed by atoms with E-state index in [4.69, 9.17) is 0 Å². The van der Waals surface area contributed by atoms with Gasteiger partial charge in [-0.2, -0.15) is 0 Å². The Bertz CT molecular complexity index is 582. The van der Waals surface area contributed by atoms with E-state index in [-0.39, 0.29) is 35.3 Å². The molecule has 110 valence electrons. The molecule has 2 aliphatic carbocycles. The molecule has 7 heteroatoms. The van der Waals surface area contributed by atoms with Crippen LogP contribution in [0.2, 0.25) is 0 Å². The zero-order chi connectivity index (χ0) is 14.5. The van der Waals surface area contributed by atoms with Crippen LogP contribution in [-0.2, 0) is 19.4 Å². The summed E-state index contributed by atoms with van der Waals surface area (Å²) in [7, 11) is -3.05. The highest BCUT2D eigenvalue weighted by atomic mass is 32.2. The molecular weight excluding hydrogens is 282 g/mol. The van der Waals surface area contributed by atoms with Gasteiger partial charge in [-0.15, -0.1) is 0 Å². The molecule has 0 aromatic heterocycles. The molecule has 2 fully saturated rings. The lowest BCUT2D eigenvalue weighted by Gasteiger charge is -2.25. The Labute approximate surface area is 117 Å². The molecule has 0 aromatic carbocycles. The number of rotatable bonds is 3. The second kappa shape index (κ2) is 4.58. The maximum atomic E-state index is 12.3. The van der Waals surface area contributed by atoms with Crippen LogP contribution in [-0.4, -0.2) is 42.9 Å². The minimum Gasteiger partial charge on any atom is -0.481 e. The fourth-order valence-electron chi connectivity index (χ4n) is 3.72. The Kier molecular flexibility index (Phi) is 3.12. The number of carbonyl (C=O) groups excluding carboxylic acids is 1. The topological polar surface area (TPSA) is 101 Å². The number of amides is 1. The molecular formula is C13H17NO5S. The number of hydrogen-bond acceptors (Lipinski definition) is 4. The van der Waals surface area contributed by atoms with Crippen molar-refractivity contribution in [2.24, 2.45) is 23.7 Å². The van der Waals surface area contributed by atoms with Crippen LogP contribution in [0.15, 0.2) is 12.2 Å². The number of carbonyl (C=O) groups is 2. The van der Waals surface area contributed by atoms with E-state index in [1.807, 2.05) is 12.2 Å². The van der Waals surface area contributed by atoms with Crippen LogP contribution in [0.25, 0.3) is 0 Å². The van der Waals surface area contributed by atoms with Crippen LogP contribution in [0.5, 0.6) is 0 Å². The Morgan fingerprint density at radius 1 is 1.15 bits per heavy atom. The minimum absolute atomic E-state index is 0.0286. The number of hydrogen-bond donors (Lipinski definition) is 2. The van der Waals surface area contributed by atoms with Crippen molar-refractivity contribution in [1.82, 2.24) is 5.32 Å². The first kappa shape index (κ1) is 13.6. The second-order valence-corrected chi connectivity index (χ2v) is 8.18. The Hall–Kier alpha value is -1.37. The van der Waals surface area contributed by atoms with Gasteiger partial charge in [-0.25, -0.2) is 8.42 Å². The number of carboxylic acid groups (broad SMARTS) is 1. The molecule has 1 heterocycles. The summed E-state index contributed by atoms with van der Waals surface area (Å²) in [5, 5.41) is 12.0. The van der Waals surface area contributed by atoms with E-state index in [9.17, 15) is 23.1 Å². The largest absolute Gasteiger partial charge is 0.481 e. The molecule has 2 bridgehead atoms. The standard InChI is InChI=1S/C13H17NO5S/c15-12(14-9-3-4-20(18,19)6-9)10-7-1-2-8(5-7)11(10)13(16)17/h1-2,7-11H,3-6H2,(H,14,15)(H,16,17)/t7-,8-,9-,10+,11-/m0/s1. The summed E-state index contributed by atoms with van der Waals surface area (Å²) in [4.78, 5) is 23.7. The molecule has 5 atom stereocenters. The van der Waals surface area contributed by atoms with Crippen molar-refractivity contribution in [2.45, 2.75) is 18.9 Å². The molecule has 2 N–H and O–H groups in total. The first-order chi connectivity index (χ1) is 9.37. The quantitative estimate of drug-likeness (QED) is 0.704. The SMILES string of the molecule is O=C(O)[C@@H]1[C@H](C(=O)N[C@H]2CCS(=O)(=O)C2)[C@H]2C=C[C@H]1C2. The zero-order valence-electron chi connectivity index (χ0n) is 10.9. The normalized spacial score (nSPS) is 40.9. The summed E-state index contributed by atoms with van der Waals surface area (Å²) < 4.78 is 22.8. The van der Waals surface area contributed by atoms with Crippen molar-refractivity contribution >= 4 is 21.7 Å². The summed E-state index contributed by atoms with van der Waals surface area (Å²) in [6.07, 6.45) is 4.92. The van der Waals surface area contributed by atoms with Crippen LogP contribution >= 0.6 is 0 Å². The second-order valence-electron chi connectivity index (χ2n) is 5.95. The van der Waals surface area contributed by atoms with Gasteiger partial charge in [-0.05, 0) is 24.7 Å². The molecule has 0 aromatic rings. The molecule has 0 spiro atoms.